The topological polar surface area (TPSA) is 84.3 Å². The van der Waals surface area contributed by atoms with Gasteiger partial charge in [0.1, 0.15) is 6.04 Å². The zero-order valence-corrected chi connectivity index (χ0v) is 17.5. The second-order valence-electron chi connectivity index (χ2n) is 7.81. The first-order valence-corrected chi connectivity index (χ1v) is 10.4. The fourth-order valence-corrected chi connectivity index (χ4v) is 4.56. The van der Waals surface area contributed by atoms with E-state index in [2.05, 4.69) is 10.4 Å². The summed E-state index contributed by atoms with van der Waals surface area (Å²) in [7, 11) is 1.88. The lowest BCUT2D eigenvalue weighted by Crippen LogP contribution is -2.52. The van der Waals surface area contributed by atoms with Crippen molar-refractivity contribution in [1.29, 1.82) is 0 Å². The monoisotopic (exact) mass is 434 g/mol. The summed E-state index contributed by atoms with van der Waals surface area (Å²) >= 11 is 6.19. The van der Waals surface area contributed by atoms with E-state index >= 15 is 0 Å². The van der Waals surface area contributed by atoms with Crippen molar-refractivity contribution >= 4 is 29.3 Å². The SMILES string of the molecule is Cn1ncc(-c2ccc3c(c2)CN(C2CCC(=O)NC2=O)C3=O)c1-c1cccc(Cl)c1. The molecule has 0 aliphatic carbocycles. The van der Waals surface area contributed by atoms with Crippen LogP contribution >= 0.6 is 11.6 Å². The van der Waals surface area contributed by atoms with E-state index in [4.69, 9.17) is 11.6 Å². The van der Waals surface area contributed by atoms with Crippen LogP contribution in [0.15, 0.2) is 48.7 Å². The molecule has 0 radical (unpaired) electrons. The Kier molecular flexibility index (Phi) is 4.63. The number of fused-ring (bicyclic) bond motifs is 1. The lowest BCUT2D eigenvalue weighted by atomic mass is 9.98. The summed E-state index contributed by atoms with van der Waals surface area (Å²) in [4.78, 5) is 38.2. The van der Waals surface area contributed by atoms with Crippen molar-refractivity contribution in [3.05, 3.63) is 64.8 Å². The minimum atomic E-state index is -0.624. The Bertz CT molecular complexity index is 1250. The number of benzene rings is 2. The van der Waals surface area contributed by atoms with Crippen molar-refractivity contribution in [2.45, 2.75) is 25.4 Å². The molecule has 1 N–H and O–H groups in total. The Hall–Kier alpha value is -3.45. The lowest BCUT2D eigenvalue weighted by molar-refractivity contribution is -0.136. The van der Waals surface area contributed by atoms with Crippen molar-refractivity contribution in [3.8, 4) is 22.4 Å². The number of aryl methyl sites for hydroxylation is 1. The first-order valence-electron chi connectivity index (χ1n) is 9.98. The van der Waals surface area contributed by atoms with Crippen LogP contribution in [0.1, 0.15) is 28.8 Å². The van der Waals surface area contributed by atoms with Crippen LogP contribution in [0.5, 0.6) is 0 Å². The molecule has 3 heterocycles. The van der Waals surface area contributed by atoms with Gasteiger partial charge in [-0.05, 0) is 41.8 Å². The fourth-order valence-electron chi connectivity index (χ4n) is 4.37. The van der Waals surface area contributed by atoms with Gasteiger partial charge in [0, 0.05) is 41.7 Å². The average Bonchev–Trinajstić information content (AvgIpc) is 3.28. The van der Waals surface area contributed by atoms with Gasteiger partial charge in [-0.25, -0.2) is 0 Å². The normalized spacial score (nSPS) is 18.3. The van der Waals surface area contributed by atoms with Crippen LogP contribution in [0, 0.1) is 0 Å². The quantitative estimate of drug-likeness (QED) is 0.642. The summed E-state index contributed by atoms with van der Waals surface area (Å²) in [6, 6.07) is 12.6. The van der Waals surface area contributed by atoms with Crippen molar-refractivity contribution in [1.82, 2.24) is 20.0 Å². The summed E-state index contributed by atoms with van der Waals surface area (Å²) in [5.41, 5.74) is 5.17. The Morgan fingerprint density at radius 3 is 2.68 bits per heavy atom. The number of aromatic nitrogens is 2. The molecule has 0 saturated carbocycles. The molecule has 7 nitrogen and oxygen atoms in total. The van der Waals surface area contributed by atoms with Gasteiger partial charge in [0.05, 0.1) is 11.9 Å². The number of nitrogens with zero attached hydrogens (tertiary/aromatic N) is 3. The summed E-state index contributed by atoms with van der Waals surface area (Å²) in [6.07, 6.45) is 2.38. The maximum atomic E-state index is 12.9. The molecule has 0 bridgehead atoms. The highest BCUT2D eigenvalue weighted by molar-refractivity contribution is 6.30. The number of amides is 3. The number of imide groups is 1. The van der Waals surface area contributed by atoms with Gasteiger partial charge in [0.2, 0.25) is 11.8 Å². The van der Waals surface area contributed by atoms with E-state index in [1.54, 1.807) is 21.8 Å². The van der Waals surface area contributed by atoms with E-state index in [9.17, 15) is 14.4 Å². The van der Waals surface area contributed by atoms with E-state index in [1.807, 2.05) is 43.4 Å². The van der Waals surface area contributed by atoms with Crippen molar-refractivity contribution in [3.63, 3.8) is 0 Å². The summed E-state index contributed by atoms with van der Waals surface area (Å²) in [5.74, 6) is -0.886. The largest absolute Gasteiger partial charge is 0.322 e. The Labute approximate surface area is 183 Å². The van der Waals surface area contributed by atoms with Gasteiger partial charge in [-0.2, -0.15) is 5.10 Å². The molecule has 0 spiro atoms. The van der Waals surface area contributed by atoms with Gasteiger partial charge in [-0.3, -0.25) is 24.4 Å². The maximum Gasteiger partial charge on any atom is 0.255 e. The standard InChI is InChI=1S/C23H19ClN4O3/c1-27-21(14-3-2-4-16(24)10-14)18(11-25-27)13-5-6-17-15(9-13)12-28(23(17)31)19-7-8-20(29)26-22(19)30/h2-6,9-11,19H,7-8,12H2,1H3,(H,26,29,30). The van der Waals surface area contributed by atoms with E-state index in [1.165, 1.54) is 0 Å². The maximum absolute atomic E-state index is 12.9. The van der Waals surface area contributed by atoms with Crippen molar-refractivity contribution in [2.75, 3.05) is 0 Å². The molecular weight excluding hydrogens is 416 g/mol. The minimum Gasteiger partial charge on any atom is -0.322 e. The number of hydrogen-bond donors (Lipinski definition) is 1. The molecule has 2 aromatic carbocycles. The predicted molar refractivity (Wildman–Crippen MR) is 115 cm³/mol. The molecule has 2 aliphatic rings. The number of carbonyl (C=O) groups is 3. The molecule has 8 heteroatoms. The zero-order valence-electron chi connectivity index (χ0n) is 16.8. The third-order valence-electron chi connectivity index (χ3n) is 5.87. The van der Waals surface area contributed by atoms with Gasteiger partial charge in [0.15, 0.2) is 0 Å². The number of carbonyl (C=O) groups excluding carboxylic acids is 3. The molecular formula is C23H19ClN4O3. The zero-order chi connectivity index (χ0) is 21.7. The van der Waals surface area contributed by atoms with E-state index in [0.717, 1.165) is 27.9 Å². The van der Waals surface area contributed by atoms with Crippen molar-refractivity contribution in [2.24, 2.45) is 7.05 Å². The first-order chi connectivity index (χ1) is 14.9. The van der Waals surface area contributed by atoms with Gasteiger partial charge in [-0.1, -0.05) is 29.8 Å². The second kappa shape index (κ2) is 7.35. The molecule has 1 aromatic heterocycles. The van der Waals surface area contributed by atoms with Gasteiger partial charge in [0.25, 0.3) is 5.91 Å². The lowest BCUT2D eigenvalue weighted by Gasteiger charge is -2.29. The van der Waals surface area contributed by atoms with Crippen LogP contribution in [0.3, 0.4) is 0 Å². The number of rotatable bonds is 3. The third-order valence-corrected chi connectivity index (χ3v) is 6.11. The molecule has 5 rings (SSSR count). The summed E-state index contributed by atoms with van der Waals surface area (Å²) in [5, 5.41) is 7.40. The fraction of sp³-hybridized carbons (Fsp3) is 0.217. The first kappa shape index (κ1) is 19.5. The highest BCUT2D eigenvalue weighted by Crippen LogP contribution is 2.36. The molecule has 156 valence electrons. The molecule has 1 fully saturated rings. The van der Waals surface area contributed by atoms with E-state index < -0.39 is 11.9 Å². The van der Waals surface area contributed by atoms with E-state index in [0.29, 0.717) is 23.6 Å². The van der Waals surface area contributed by atoms with Crippen LogP contribution in [0.2, 0.25) is 5.02 Å². The van der Waals surface area contributed by atoms with Gasteiger partial charge >= 0.3 is 0 Å². The smallest absolute Gasteiger partial charge is 0.255 e. The number of hydrogen-bond acceptors (Lipinski definition) is 4. The van der Waals surface area contributed by atoms with Crippen LogP contribution in [0.4, 0.5) is 0 Å². The number of piperidine rings is 1. The van der Waals surface area contributed by atoms with Crippen LogP contribution in [-0.2, 0) is 23.2 Å². The van der Waals surface area contributed by atoms with E-state index in [-0.39, 0.29) is 18.2 Å². The molecule has 1 unspecified atom stereocenters. The molecule has 3 amide bonds. The van der Waals surface area contributed by atoms with Gasteiger partial charge < -0.3 is 4.90 Å². The third kappa shape index (κ3) is 3.31. The molecule has 2 aliphatic heterocycles. The predicted octanol–water partition coefficient (Wildman–Crippen LogP) is 3.17. The molecule has 3 aromatic rings. The summed E-state index contributed by atoms with van der Waals surface area (Å²) in [6.45, 7) is 0.334. The highest BCUT2D eigenvalue weighted by Gasteiger charge is 2.39. The number of nitrogens with one attached hydrogen (secondary N) is 1. The Balaban J connectivity index is 1.50. The number of halogens is 1. The Morgan fingerprint density at radius 1 is 1.06 bits per heavy atom. The molecule has 1 atom stereocenters. The minimum absolute atomic E-state index is 0.183. The van der Waals surface area contributed by atoms with Crippen LogP contribution < -0.4 is 5.32 Å². The Morgan fingerprint density at radius 2 is 1.90 bits per heavy atom. The molecule has 31 heavy (non-hydrogen) atoms. The molecule has 1 saturated heterocycles. The average molecular weight is 435 g/mol. The summed E-state index contributed by atoms with van der Waals surface area (Å²) < 4.78 is 1.80. The second-order valence-corrected chi connectivity index (χ2v) is 8.25. The van der Waals surface area contributed by atoms with Crippen molar-refractivity contribution < 1.29 is 14.4 Å². The van der Waals surface area contributed by atoms with Gasteiger partial charge in [-0.15, -0.1) is 0 Å². The van der Waals surface area contributed by atoms with Crippen LogP contribution in [0.25, 0.3) is 22.4 Å². The van der Waals surface area contributed by atoms with Crippen LogP contribution in [-0.4, -0.2) is 38.4 Å². The highest BCUT2D eigenvalue weighted by atomic mass is 35.5.